The summed E-state index contributed by atoms with van der Waals surface area (Å²) in [6, 6.07) is 10.2. The number of likely N-dealkylation sites (tertiary alicyclic amines) is 1. The van der Waals surface area contributed by atoms with Gasteiger partial charge in [-0.25, -0.2) is 0 Å². The topological polar surface area (TPSA) is 71.4 Å². The maximum Gasteiger partial charge on any atom is 0.259 e. The molecule has 1 aromatic carbocycles. The summed E-state index contributed by atoms with van der Waals surface area (Å²) in [5, 5.41) is 4.03. The van der Waals surface area contributed by atoms with Gasteiger partial charge in [-0.3, -0.25) is 14.4 Å². The fourth-order valence-corrected chi connectivity index (χ4v) is 5.21. The highest BCUT2D eigenvalue weighted by molar-refractivity contribution is 7.19. The van der Waals surface area contributed by atoms with Crippen molar-refractivity contribution >= 4 is 33.2 Å². The number of carbonyl (C=O) groups is 2. The quantitative estimate of drug-likeness (QED) is 0.558. The highest BCUT2D eigenvalue weighted by atomic mass is 32.1. The zero-order chi connectivity index (χ0) is 23.4. The first kappa shape index (κ1) is 23.2. The van der Waals surface area contributed by atoms with Gasteiger partial charge in [0.25, 0.3) is 11.8 Å². The van der Waals surface area contributed by atoms with Crippen molar-refractivity contribution in [2.24, 2.45) is 0 Å². The monoisotopic (exact) mass is 465 g/mol. The van der Waals surface area contributed by atoms with Crippen molar-refractivity contribution in [2.75, 3.05) is 13.1 Å². The molecule has 1 aliphatic heterocycles. The lowest BCUT2D eigenvalue weighted by Gasteiger charge is -2.22. The average Bonchev–Trinajstić information content (AvgIpc) is 3.05. The number of aromatic nitrogens is 1. The Labute approximate surface area is 198 Å². The molecule has 0 spiro atoms. The van der Waals surface area contributed by atoms with Crippen molar-refractivity contribution in [2.45, 2.75) is 58.5 Å². The Morgan fingerprint density at radius 2 is 1.76 bits per heavy atom. The van der Waals surface area contributed by atoms with E-state index in [0.29, 0.717) is 19.6 Å². The summed E-state index contributed by atoms with van der Waals surface area (Å²) in [4.78, 5) is 42.4. The lowest BCUT2D eigenvalue weighted by molar-refractivity contribution is 0.0759. The van der Waals surface area contributed by atoms with Gasteiger partial charge in [0.15, 0.2) is 0 Å². The molecule has 0 saturated carbocycles. The van der Waals surface area contributed by atoms with Gasteiger partial charge in [-0.2, -0.15) is 0 Å². The number of hydrogen-bond acceptors (Lipinski definition) is 4. The Morgan fingerprint density at radius 3 is 2.45 bits per heavy atom. The summed E-state index contributed by atoms with van der Waals surface area (Å²) in [7, 11) is 0. The number of thiophene rings is 1. The van der Waals surface area contributed by atoms with E-state index in [1.165, 1.54) is 0 Å². The third-order valence-electron chi connectivity index (χ3n) is 6.41. The van der Waals surface area contributed by atoms with E-state index in [4.69, 9.17) is 0 Å². The molecule has 1 unspecified atom stereocenters. The van der Waals surface area contributed by atoms with Gasteiger partial charge < -0.3 is 14.8 Å². The molecule has 2 aromatic heterocycles. The number of nitrogens with one attached hydrogen (secondary N) is 1. The fourth-order valence-electron chi connectivity index (χ4n) is 4.21. The van der Waals surface area contributed by atoms with Gasteiger partial charge in [0, 0.05) is 41.1 Å². The van der Waals surface area contributed by atoms with Gasteiger partial charge in [-0.1, -0.05) is 38.0 Å². The predicted molar refractivity (Wildman–Crippen MR) is 133 cm³/mol. The SMILES string of the molecule is CCC(C)n1cc(C(=O)NCc2cc3ccccc3s2)c(=O)c(C(=O)N2CCCCCC2)c1. The minimum Gasteiger partial charge on any atom is -0.350 e. The summed E-state index contributed by atoms with van der Waals surface area (Å²) >= 11 is 1.62. The Hall–Kier alpha value is -2.93. The van der Waals surface area contributed by atoms with Crippen LogP contribution in [0.3, 0.4) is 0 Å². The van der Waals surface area contributed by atoms with Crippen LogP contribution in [0.25, 0.3) is 10.1 Å². The van der Waals surface area contributed by atoms with E-state index in [0.717, 1.165) is 47.1 Å². The number of nitrogens with zero attached hydrogens (tertiary/aromatic N) is 2. The summed E-state index contributed by atoms with van der Waals surface area (Å²) in [5.41, 5.74) is -0.374. The van der Waals surface area contributed by atoms with Gasteiger partial charge in [-0.05, 0) is 43.7 Å². The zero-order valence-corrected chi connectivity index (χ0v) is 20.1. The van der Waals surface area contributed by atoms with Gasteiger partial charge in [0.1, 0.15) is 11.1 Å². The minimum atomic E-state index is -0.488. The number of fused-ring (bicyclic) bond motifs is 1. The van der Waals surface area contributed by atoms with Crippen molar-refractivity contribution in [3.05, 3.63) is 69.0 Å². The Morgan fingerprint density at radius 1 is 1.06 bits per heavy atom. The van der Waals surface area contributed by atoms with Crippen LogP contribution in [-0.2, 0) is 6.54 Å². The molecular weight excluding hydrogens is 434 g/mol. The normalized spacial score (nSPS) is 15.3. The molecule has 33 heavy (non-hydrogen) atoms. The highest BCUT2D eigenvalue weighted by Gasteiger charge is 2.24. The van der Waals surface area contributed by atoms with Crippen LogP contribution < -0.4 is 10.7 Å². The van der Waals surface area contributed by atoms with Crippen LogP contribution in [0, 0.1) is 0 Å². The van der Waals surface area contributed by atoms with E-state index in [1.54, 1.807) is 28.6 Å². The number of rotatable bonds is 6. The summed E-state index contributed by atoms with van der Waals surface area (Å²) in [6.07, 6.45) is 8.13. The van der Waals surface area contributed by atoms with Crippen LogP contribution in [0.5, 0.6) is 0 Å². The third-order valence-corrected chi connectivity index (χ3v) is 7.53. The van der Waals surface area contributed by atoms with Crippen LogP contribution >= 0.6 is 11.3 Å². The third kappa shape index (κ3) is 5.19. The second kappa shape index (κ2) is 10.3. The standard InChI is InChI=1S/C26H31N3O3S/c1-3-18(2)29-16-21(24(30)22(17-29)26(32)28-12-8-4-5-9-13-28)25(31)27-15-20-14-19-10-6-7-11-23(19)33-20/h6-7,10-11,14,16-18H,3-5,8-9,12-13,15H2,1-2H3,(H,27,31). The lowest BCUT2D eigenvalue weighted by Crippen LogP contribution is -2.38. The van der Waals surface area contributed by atoms with E-state index < -0.39 is 11.3 Å². The summed E-state index contributed by atoms with van der Waals surface area (Å²) < 4.78 is 2.99. The van der Waals surface area contributed by atoms with Crippen molar-refractivity contribution in [3.8, 4) is 0 Å². The van der Waals surface area contributed by atoms with E-state index in [1.807, 2.05) is 42.7 Å². The molecular formula is C26H31N3O3S. The molecule has 0 aliphatic carbocycles. The van der Waals surface area contributed by atoms with E-state index in [-0.39, 0.29) is 23.1 Å². The van der Waals surface area contributed by atoms with Gasteiger partial charge in [0.05, 0.1) is 6.54 Å². The van der Waals surface area contributed by atoms with Gasteiger partial charge >= 0.3 is 0 Å². The van der Waals surface area contributed by atoms with Crippen LogP contribution in [-0.4, -0.2) is 34.4 Å². The summed E-state index contributed by atoms with van der Waals surface area (Å²) in [6.45, 7) is 5.71. The molecule has 1 atom stereocenters. The van der Waals surface area contributed by atoms with Crippen molar-refractivity contribution < 1.29 is 9.59 Å². The molecule has 174 valence electrons. The molecule has 0 radical (unpaired) electrons. The highest BCUT2D eigenvalue weighted by Crippen LogP contribution is 2.25. The number of amides is 2. The zero-order valence-electron chi connectivity index (χ0n) is 19.3. The maximum atomic E-state index is 13.3. The van der Waals surface area contributed by atoms with Crippen LogP contribution in [0.15, 0.2) is 47.5 Å². The molecule has 3 heterocycles. The first-order chi connectivity index (χ1) is 16.0. The first-order valence-corrected chi connectivity index (χ1v) is 12.6. The molecule has 1 N–H and O–H groups in total. The lowest BCUT2D eigenvalue weighted by atomic mass is 10.1. The summed E-state index contributed by atoms with van der Waals surface area (Å²) in [5.74, 6) is -0.710. The van der Waals surface area contributed by atoms with Crippen LogP contribution in [0.1, 0.15) is 77.6 Å². The first-order valence-electron chi connectivity index (χ1n) is 11.8. The minimum absolute atomic E-state index is 0.0251. The number of benzene rings is 1. The average molecular weight is 466 g/mol. The molecule has 1 aliphatic rings. The Bertz CT molecular complexity index is 1170. The molecule has 4 rings (SSSR count). The van der Waals surface area contributed by atoms with Gasteiger partial charge in [-0.15, -0.1) is 11.3 Å². The second-order valence-electron chi connectivity index (χ2n) is 8.76. The van der Waals surface area contributed by atoms with E-state index in [2.05, 4.69) is 11.4 Å². The maximum absolute atomic E-state index is 13.3. The largest absolute Gasteiger partial charge is 0.350 e. The van der Waals surface area contributed by atoms with E-state index in [9.17, 15) is 14.4 Å². The molecule has 0 bridgehead atoms. The smallest absolute Gasteiger partial charge is 0.259 e. The Balaban J connectivity index is 1.61. The number of carbonyl (C=O) groups excluding carboxylic acids is 2. The molecule has 1 saturated heterocycles. The second-order valence-corrected chi connectivity index (χ2v) is 9.93. The molecule has 6 nitrogen and oxygen atoms in total. The predicted octanol–water partition coefficient (Wildman–Crippen LogP) is 4.98. The van der Waals surface area contributed by atoms with Crippen LogP contribution in [0.4, 0.5) is 0 Å². The number of pyridine rings is 1. The Kier molecular flexibility index (Phi) is 7.28. The molecule has 3 aromatic rings. The molecule has 1 fully saturated rings. The molecule has 2 amide bonds. The van der Waals surface area contributed by atoms with Gasteiger partial charge in [0.2, 0.25) is 5.43 Å². The van der Waals surface area contributed by atoms with E-state index >= 15 is 0 Å². The molecule has 7 heteroatoms. The van der Waals surface area contributed by atoms with Crippen molar-refractivity contribution in [1.82, 2.24) is 14.8 Å². The van der Waals surface area contributed by atoms with Crippen molar-refractivity contribution in [3.63, 3.8) is 0 Å². The van der Waals surface area contributed by atoms with Crippen molar-refractivity contribution in [1.29, 1.82) is 0 Å². The number of hydrogen-bond donors (Lipinski definition) is 1. The fraction of sp³-hybridized carbons (Fsp3) is 0.423. The van der Waals surface area contributed by atoms with Crippen LogP contribution in [0.2, 0.25) is 0 Å².